The predicted octanol–water partition coefficient (Wildman–Crippen LogP) is 2.67. The van der Waals surface area contributed by atoms with Crippen molar-refractivity contribution in [2.75, 3.05) is 6.61 Å². The maximum absolute atomic E-state index is 11.0. The normalized spacial score (nSPS) is 10.6. The molecule has 1 aromatic heterocycles. The molecule has 0 fully saturated rings. The highest BCUT2D eigenvalue weighted by Crippen LogP contribution is 2.29. The Morgan fingerprint density at radius 1 is 1.43 bits per heavy atom. The van der Waals surface area contributed by atoms with E-state index >= 15 is 0 Å². The number of aromatic carboxylic acids is 1. The van der Waals surface area contributed by atoms with Gasteiger partial charge in [0.2, 0.25) is 0 Å². The highest BCUT2D eigenvalue weighted by atomic mass is 16.5. The summed E-state index contributed by atoms with van der Waals surface area (Å²) in [5.74, 6) is -0.171. The van der Waals surface area contributed by atoms with Crippen molar-refractivity contribution in [1.29, 1.82) is 0 Å². The first-order valence-electron chi connectivity index (χ1n) is 6.91. The summed E-state index contributed by atoms with van der Waals surface area (Å²) in [7, 11) is 1.67. The molecule has 0 bridgehead atoms. The third kappa shape index (κ3) is 3.39. The number of carboxylic acids is 1. The smallest absolute Gasteiger partial charge is 0.375 e. The van der Waals surface area contributed by atoms with Crippen LogP contribution in [0.15, 0.2) is 18.2 Å². The van der Waals surface area contributed by atoms with Crippen LogP contribution in [-0.4, -0.2) is 32.4 Å². The quantitative estimate of drug-likeness (QED) is 0.827. The average molecular weight is 289 g/mol. The van der Waals surface area contributed by atoms with E-state index in [0.29, 0.717) is 18.2 Å². The van der Waals surface area contributed by atoms with Crippen LogP contribution in [0, 0.1) is 6.92 Å². The zero-order valence-electron chi connectivity index (χ0n) is 12.5. The summed E-state index contributed by atoms with van der Waals surface area (Å²) in [6.45, 7) is 4.69. The molecule has 0 aliphatic carbocycles. The minimum Gasteiger partial charge on any atom is -0.493 e. The van der Waals surface area contributed by atoms with E-state index in [1.54, 1.807) is 7.05 Å². The fourth-order valence-corrected chi connectivity index (χ4v) is 1.98. The van der Waals surface area contributed by atoms with E-state index in [2.05, 4.69) is 17.0 Å². The van der Waals surface area contributed by atoms with Crippen LogP contribution < -0.4 is 4.74 Å². The first-order chi connectivity index (χ1) is 10.0. The molecular formula is C15H19N3O3. The van der Waals surface area contributed by atoms with Crippen molar-refractivity contribution in [1.82, 2.24) is 14.8 Å². The van der Waals surface area contributed by atoms with Gasteiger partial charge < -0.3 is 9.84 Å². The molecule has 21 heavy (non-hydrogen) atoms. The molecule has 1 heterocycles. The molecule has 0 spiro atoms. The van der Waals surface area contributed by atoms with E-state index < -0.39 is 5.97 Å². The third-order valence-electron chi connectivity index (χ3n) is 3.09. The van der Waals surface area contributed by atoms with Crippen LogP contribution in [0.5, 0.6) is 5.75 Å². The Kier molecular flexibility index (Phi) is 4.57. The lowest BCUT2D eigenvalue weighted by Crippen LogP contribution is -2.01. The van der Waals surface area contributed by atoms with Crippen molar-refractivity contribution < 1.29 is 14.6 Å². The average Bonchev–Trinajstić information content (AvgIpc) is 2.83. The van der Waals surface area contributed by atoms with Gasteiger partial charge in [-0.2, -0.15) is 0 Å². The number of aryl methyl sites for hydroxylation is 2. The lowest BCUT2D eigenvalue weighted by atomic mass is 10.1. The van der Waals surface area contributed by atoms with Gasteiger partial charge in [-0.15, -0.1) is 5.10 Å². The van der Waals surface area contributed by atoms with Crippen molar-refractivity contribution >= 4 is 5.97 Å². The van der Waals surface area contributed by atoms with E-state index in [1.165, 1.54) is 4.68 Å². The maximum Gasteiger partial charge on any atom is 0.375 e. The second-order valence-electron chi connectivity index (χ2n) is 4.89. The number of hydrogen-bond donors (Lipinski definition) is 1. The van der Waals surface area contributed by atoms with Crippen LogP contribution in [0.1, 0.15) is 35.9 Å². The molecule has 0 unspecified atom stereocenters. The van der Waals surface area contributed by atoms with Gasteiger partial charge in [0.15, 0.2) is 5.82 Å². The zero-order valence-corrected chi connectivity index (χ0v) is 12.5. The SMILES string of the molecule is CCCCOc1ccc(C)cc1-c1nc(C(=O)O)nn1C. The van der Waals surface area contributed by atoms with Gasteiger partial charge in [0.25, 0.3) is 5.82 Å². The van der Waals surface area contributed by atoms with Crippen LogP contribution in [-0.2, 0) is 7.05 Å². The lowest BCUT2D eigenvalue weighted by molar-refractivity contribution is 0.0683. The molecular weight excluding hydrogens is 270 g/mol. The van der Waals surface area contributed by atoms with Crippen molar-refractivity contribution in [2.24, 2.45) is 7.05 Å². The number of rotatable bonds is 6. The van der Waals surface area contributed by atoms with Gasteiger partial charge in [-0.3, -0.25) is 0 Å². The zero-order chi connectivity index (χ0) is 15.4. The third-order valence-corrected chi connectivity index (χ3v) is 3.09. The second-order valence-corrected chi connectivity index (χ2v) is 4.89. The molecule has 112 valence electrons. The Bertz CT molecular complexity index is 650. The fourth-order valence-electron chi connectivity index (χ4n) is 1.98. The largest absolute Gasteiger partial charge is 0.493 e. The van der Waals surface area contributed by atoms with E-state index in [0.717, 1.165) is 24.0 Å². The summed E-state index contributed by atoms with van der Waals surface area (Å²) in [6, 6.07) is 5.77. The van der Waals surface area contributed by atoms with Gasteiger partial charge in [0.1, 0.15) is 5.75 Å². The van der Waals surface area contributed by atoms with Crippen LogP contribution >= 0.6 is 0 Å². The van der Waals surface area contributed by atoms with Crippen molar-refractivity contribution in [3.63, 3.8) is 0 Å². The Morgan fingerprint density at radius 3 is 2.81 bits per heavy atom. The van der Waals surface area contributed by atoms with E-state index in [-0.39, 0.29) is 5.82 Å². The van der Waals surface area contributed by atoms with Crippen LogP contribution in [0.25, 0.3) is 11.4 Å². The number of nitrogens with zero attached hydrogens (tertiary/aromatic N) is 3. The molecule has 2 aromatic rings. The molecule has 0 saturated carbocycles. The second kappa shape index (κ2) is 6.39. The topological polar surface area (TPSA) is 77.2 Å². The first-order valence-corrected chi connectivity index (χ1v) is 6.91. The number of carbonyl (C=O) groups is 1. The standard InChI is InChI=1S/C15H19N3O3/c1-4-5-8-21-12-7-6-10(2)9-11(12)14-16-13(15(19)20)17-18(14)3/h6-7,9H,4-5,8H2,1-3H3,(H,19,20). The van der Waals surface area contributed by atoms with Gasteiger partial charge in [-0.25, -0.2) is 14.5 Å². The molecule has 0 radical (unpaired) electrons. The van der Waals surface area contributed by atoms with Crippen molar-refractivity contribution in [3.8, 4) is 17.1 Å². The molecule has 0 aliphatic heterocycles. The minimum absolute atomic E-state index is 0.214. The molecule has 6 nitrogen and oxygen atoms in total. The number of hydrogen-bond acceptors (Lipinski definition) is 4. The monoisotopic (exact) mass is 289 g/mol. The molecule has 1 N–H and O–H groups in total. The van der Waals surface area contributed by atoms with Crippen LogP contribution in [0.4, 0.5) is 0 Å². The Balaban J connectivity index is 2.41. The molecule has 1 aromatic carbocycles. The number of aromatic nitrogens is 3. The van der Waals surface area contributed by atoms with Gasteiger partial charge >= 0.3 is 5.97 Å². The molecule has 0 atom stereocenters. The minimum atomic E-state index is -1.14. The summed E-state index contributed by atoms with van der Waals surface area (Å²) in [6.07, 6.45) is 2.01. The number of ether oxygens (including phenoxy) is 1. The molecule has 0 saturated heterocycles. The first kappa shape index (κ1) is 15.0. The van der Waals surface area contributed by atoms with Crippen LogP contribution in [0.3, 0.4) is 0 Å². The van der Waals surface area contributed by atoms with Gasteiger partial charge in [0, 0.05) is 7.05 Å². The summed E-state index contributed by atoms with van der Waals surface area (Å²) in [5.41, 5.74) is 1.81. The van der Waals surface area contributed by atoms with Gasteiger partial charge in [0.05, 0.1) is 12.2 Å². The summed E-state index contributed by atoms with van der Waals surface area (Å²) in [4.78, 5) is 15.1. The van der Waals surface area contributed by atoms with E-state index in [4.69, 9.17) is 9.84 Å². The molecule has 2 rings (SSSR count). The Hall–Kier alpha value is -2.37. The highest BCUT2D eigenvalue weighted by molar-refractivity contribution is 5.84. The highest BCUT2D eigenvalue weighted by Gasteiger charge is 2.18. The summed E-state index contributed by atoms with van der Waals surface area (Å²) >= 11 is 0. The lowest BCUT2D eigenvalue weighted by Gasteiger charge is -2.11. The number of benzene rings is 1. The van der Waals surface area contributed by atoms with Crippen molar-refractivity contribution in [2.45, 2.75) is 26.7 Å². The summed E-state index contributed by atoms with van der Waals surface area (Å²) < 4.78 is 7.25. The number of carboxylic acid groups (broad SMARTS) is 1. The van der Waals surface area contributed by atoms with Gasteiger partial charge in [-0.05, 0) is 25.5 Å². The molecule has 0 amide bonds. The molecule has 6 heteroatoms. The molecule has 0 aliphatic rings. The maximum atomic E-state index is 11.0. The number of unbranched alkanes of at least 4 members (excludes halogenated alkanes) is 1. The van der Waals surface area contributed by atoms with E-state index in [1.807, 2.05) is 25.1 Å². The Morgan fingerprint density at radius 2 is 2.19 bits per heavy atom. The van der Waals surface area contributed by atoms with Gasteiger partial charge in [-0.1, -0.05) is 25.0 Å². The fraction of sp³-hybridized carbons (Fsp3) is 0.400. The van der Waals surface area contributed by atoms with E-state index in [9.17, 15) is 4.79 Å². The van der Waals surface area contributed by atoms with Crippen molar-refractivity contribution in [3.05, 3.63) is 29.6 Å². The summed E-state index contributed by atoms with van der Waals surface area (Å²) in [5, 5.41) is 12.9. The Labute approximate surface area is 123 Å². The predicted molar refractivity (Wildman–Crippen MR) is 78.5 cm³/mol. The van der Waals surface area contributed by atoms with Crippen LogP contribution in [0.2, 0.25) is 0 Å².